The molecule has 0 aromatic heterocycles. The summed E-state index contributed by atoms with van der Waals surface area (Å²) in [5, 5.41) is 0. The van der Waals surface area contributed by atoms with Crippen LogP contribution in [0.2, 0.25) is 6.04 Å². The quantitative estimate of drug-likeness (QED) is 0.387. The van der Waals surface area contributed by atoms with Crippen molar-refractivity contribution < 1.29 is 14.2 Å². The zero-order valence-corrected chi connectivity index (χ0v) is 8.98. The van der Waals surface area contributed by atoms with E-state index in [4.69, 9.17) is 14.2 Å². The summed E-state index contributed by atoms with van der Waals surface area (Å²) in [5.41, 5.74) is 0. The summed E-state index contributed by atoms with van der Waals surface area (Å²) in [6, 6.07) is 0.929. The van der Waals surface area contributed by atoms with Gasteiger partial charge in [-0.2, -0.15) is 0 Å². The Morgan fingerprint density at radius 2 is 1.64 bits per heavy atom. The van der Waals surface area contributed by atoms with E-state index in [1.807, 2.05) is 0 Å². The Morgan fingerprint density at radius 1 is 1.18 bits per heavy atom. The Bertz CT molecular complexity index is 89.6. The molecule has 2 radical (unpaired) electrons. The van der Waals surface area contributed by atoms with Crippen LogP contribution in [-0.2, 0) is 14.2 Å². The van der Waals surface area contributed by atoms with Gasteiger partial charge in [0.15, 0.2) is 0 Å². The molecule has 0 atom stereocenters. The Labute approximate surface area is 75.3 Å². The number of rotatable bonds is 6. The van der Waals surface area contributed by atoms with Crippen LogP contribution in [0, 0.1) is 0 Å². The van der Waals surface area contributed by atoms with Crippen LogP contribution in [0.25, 0.3) is 0 Å². The average Bonchev–Trinajstić information content (AvgIpc) is 2.08. The van der Waals surface area contributed by atoms with Crippen molar-refractivity contribution in [1.29, 1.82) is 0 Å². The second-order valence-corrected chi connectivity index (χ2v) is 3.72. The first kappa shape index (κ1) is 11.4. The van der Waals surface area contributed by atoms with Crippen LogP contribution in [-0.4, -0.2) is 36.0 Å². The standard InChI is InChI=1S/C6H14O3SSi/c1-7-6(8-2,9-3)4-5-11-10/h10H,4-5H2,1-3H3. The third-order valence-electron chi connectivity index (χ3n) is 1.48. The molecule has 5 heteroatoms. The molecule has 0 unspecified atom stereocenters. The zero-order valence-electron chi connectivity index (χ0n) is 7.09. The van der Waals surface area contributed by atoms with E-state index < -0.39 is 5.97 Å². The fourth-order valence-electron chi connectivity index (χ4n) is 0.765. The molecule has 0 bridgehead atoms. The van der Waals surface area contributed by atoms with Crippen LogP contribution >= 0.6 is 12.1 Å². The topological polar surface area (TPSA) is 27.7 Å². The number of thiol groups is 1. The van der Waals surface area contributed by atoms with E-state index >= 15 is 0 Å². The Morgan fingerprint density at radius 3 is 1.91 bits per heavy atom. The Kier molecular flexibility index (Phi) is 6.26. The van der Waals surface area contributed by atoms with Gasteiger partial charge in [-0.3, -0.25) is 0 Å². The summed E-state index contributed by atoms with van der Waals surface area (Å²) < 4.78 is 15.2. The molecule has 11 heavy (non-hydrogen) atoms. The number of methoxy groups -OCH3 is 3. The largest absolute Gasteiger partial charge is 0.331 e. The molecule has 0 saturated heterocycles. The Hall–Kier alpha value is 0.447. The third kappa shape index (κ3) is 3.57. The van der Waals surface area contributed by atoms with Crippen molar-refractivity contribution in [3.05, 3.63) is 0 Å². The zero-order chi connectivity index (χ0) is 8.74. The highest BCUT2D eigenvalue weighted by Gasteiger charge is 2.28. The van der Waals surface area contributed by atoms with E-state index in [9.17, 15) is 0 Å². The molecule has 0 N–H and O–H groups in total. The van der Waals surface area contributed by atoms with Crippen LogP contribution in [0.3, 0.4) is 0 Å². The predicted molar refractivity (Wildman–Crippen MR) is 47.9 cm³/mol. The van der Waals surface area contributed by atoms with Crippen LogP contribution in [0.1, 0.15) is 6.42 Å². The van der Waals surface area contributed by atoms with E-state index in [-0.39, 0.29) is 0 Å². The smallest absolute Gasteiger partial charge is 0.281 e. The van der Waals surface area contributed by atoms with Gasteiger partial charge in [-0.05, 0) is 6.04 Å². The molecule has 0 aliphatic heterocycles. The van der Waals surface area contributed by atoms with Crippen molar-refractivity contribution in [2.75, 3.05) is 21.3 Å². The van der Waals surface area contributed by atoms with Gasteiger partial charge in [0.05, 0.1) is 0 Å². The van der Waals surface area contributed by atoms with E-state index in [1.165, 1.54) is 0 Å². The van der Waals surface area contributed by atoms with Gasteiger partial charge in [-0.1, -0.05) is 0 Å². The maximum Gasteiger partial charge on any atom is 0.281 e. The predicted octanol–water partition coefficient (Wildman–Crippen LogP) is 0.937. The molecule has 0 rings (SSSR count). The van der Waals surface area contributed by atoms with Gasteiger partial charge < -0.3 is 14.2 Å². The normalized spacial score (nSPS) is 12.0. The minimum absolute atomic E-state index is 0.595. The first-order valence-corrected chi connectivity index (χ1v) is 5.76. The first-order valence-electron chi connectivity index (χ1n) is 3.27. The molecule has 0 aliphatic carbocycles. The van der Waals surface area contributed by atoms with Crippen molar-refractivity contribution in [2.24, 2.45) is 0 Å². The molecule has 0 heterocycles. The van der Waals surface area contributed by atoms with Crippen molar-refractivity contribution in [3.63, 3.8) is 0 Å². The highest BCUT2D eigenvalue weighted by atomic mass is 32.3. The third-order valence-corrected chi connectivity index (χ3v) is 2.62. The molecule has 66 valence electrons. The minimum atomic E-state index is -0.865. The SMILES string of the molecule is COC(CC[Si]S)(OC)OC. The molecule has 0 fully saturated rings. The molecule has 0 saturated carbocycles. The molecule has 0 aliphatic rings. The van der Waals surface area contributed by atoms with Gasteiger partial charge in [0.1, 0.15) is 8.67 Å². The monoisotopic (exact) mass is 194 g/mol. The highest BCUT2D eigenvalue weighted by molar-refractivity contribution is 8.06. The van der Waals surface area contributed by atoms with Crippen LogP contribution in [0.15, 0.2) is 0 Å². The maximum atomic E-state index is 5.06. The maximum absolute atomic E-state index is 5.06. The van der Waals surface area contributed by atoms with Gasteiger partial charge >= 0.3 is 0 Å². The number of hydrogen-bond acceptors (Lipinski definition) is 4. The summed E-state index contributed by atoms with van der Waals surface area (Å²) in [4.78, 5) is 0. The molecular formula is C6H14O3SSi. The van der Waals surface area contributed by atoms with Gasteiger partial charge in [0, 0.05) is 27.8 Å². The summed E-state index contributed by atoms with van der Waals surface area (Å²) in [7, 11) is 5.29. The molecule has 0 aromatic rings. The van der Waals surface area contributed by atoms with E-state index in [2.05, 4.69) is 12.1 Å². The molecular weight excluding hydrogens is 180 g/mol. The lowest BCUT2D eigenvalue weighted by Crippen LogP contribution is -2.35. The fraction of sp³-hybridized carbons (Fsp3) is 1.00. The fourth-order valence-corrected chi connectivity index (χ4v) is 1.52. The van der Waals surface area contributed by atoms with Crippen LogP contribution < -0.4 is 0 Å². The first-order chi connectivity index (χ1) is 5.24. The molecule has 0 spiro atoms. The summed E-state index contributed by atoms with van der Waals surface area (Å²) in [6.07, 6.45) is 0.707. The average molecular weight is 194 g/mol. The second kappa shape index (κ2) is 6.02. The highest BCUT2D eigenvalue weighted by Crippen LogP contribution is 2.19. The lowest BCUT2D eigenvalue weighted by Gasteiger charge is -2.28. The molecule has 0 aromatic carbocycles. The lowest BCUT2D eigenvalue weighted by atomic mass is 10.4. The van der Waals surface area contributed by atoms with Crippen LogP contribution in [0.4, 0.5) is 0 Å². The van der Waals surface area contributed by atoms with E-state index in [0.29, 0.717) is 15.1 Å². The summed E-state index contributed by atoms with van der Waals surface area (Å²) in [5.74, 6) is -0.865. The second-order valence-electron chi connectivity index (χ2n) is 1.95. The van der Waals surface area contributed by atoms with Gasteiger partial charge in [-0.25, -0.2) is 12.1 Å². The van der Waals surface area contributed by atoms with Crippen molar-refractivity contribution in [3.8, 4) is 0 Å². The molecule has 0 amide bonds. The van der Waals surface area contributed by atoms with Crippen molar-refractivity contribution in [2.45, 2.75) is 18.4 Å². The van der Waals surface area contributed by atoms with Gasteiger partial charge in [-0.15, -0.1) is 0 Å². The Balaban J connectivity index is 3.84. The van der Waals surface area contributed by atoms with Crippen molar-refractivity contribution >= 4 is 20.7 Å². The minimum Gasteiger partial charge on any atom is -0.331 e. The lowest BCUT2D eigenvalue weighted by molar-refractivity contribution is -0.352. The van der Waals surface area contributed by atoms with E-state index in [1.54, 1.807) is 21.3 Å². The van der Waals surface area contributed by atoms with Gasteiger partial charge in [0.2, 0.25) is 0 Å². The number of hydrogen-bond donors (Lipinski definition) is 1. The number of ether oxygens (including phenoxy) is 3. The van der Waals surface area contributed by atoms with Gasteiger partial charge in [0.25, 0.3) is 5.97 Å². The summed E-state index contributed by atoms with van der Waals surface area (Å²) >= 11 is 4.11. The summed E-state index contributed by atoms with van der Waals surface area (Å²) in [6.45, 7) is 0. The molecule has 3 nitrogen and oxygen atoms in total. The van der Waals surface area contributed by atoms with E-state index in [0.717, 1.165) is 6.04 Å². The van der Waals surface area contributed by atoms with Crippen molar-refractivity contribution in [1.82, 2.24) is 0 Å². The van der Waals surface area contributed by atoms with Crippen LogP contribution in [0.5, 0.6) is 0 Å².